The van der Waals surface area contributed by atoms with Gasteiger partial charge in [0.1, 0.15) is 12.4 Å². The van der Waals surface area contributed by atoms with E-state index in [0.29, 0.717) is 22.9 Å². The van der Waals surface area contributed by atoms with E-state index in [1.807, 2.05) is 48.7 Å². The first-order chi connectivity index (χ1) is 14.9. The van der Waals surface area contributed by atoms with Crippen LogP contribution in [0.25, 0.3) is 6.08 Å². The van der Waals surface area contributed by atoms with Crippen molar-refractivity contribution in [2.45, 2.75) is 18.4 Å². The molecule has 0 aliphatic carbocycles. The van der Waals surface area contributed by atoms with Gasteiger partial charge in [-0.1, -0.05) is 24.3 Å². The van der Waals surface area contributed by atoms with Gasteiger partial charge in [-0.2, -0.15) is 0 Å². The Bertz CT molecular complexity index is 1090. The molecule has 160 valence electrons. The first-order valence-corrected chi connectivity index (χ1v) is 11.2. The number of amides is 2. The van der Waals surface area contributed by atoms with Crippen LogP contribution in [0.5, 0.6) is 5.75 Å². The summed E-state index contributed by atoms with van der Waals surface area (Å²) in [5.41, 5.74) is 2.33. The van der Waals surface area contributed by atoms with E-state index in [0.717, 1.165) is 28.0 Å². The summed E-state index contributed by atoms with van der Waals surface area (Å²) in [6.07, 6.45) is 3.17. The zero-order chi connectivity index (χ0) is 22.2. The largest absolute Gasteiger partial charge is 0.487 e. The number of thiazole rings is 1. The molecule has 0 bridgehead atoms. The molecule has 6 nitrogen and oxygen atoms in total. The molecular formula is C23H23N3O3S2. The van der Waals surface area contributed by atoms with Crippen molar-refractivity contribution in [3.63, 3.8) is 0 Å². The normalized spacial score (nSPS) is 10.8. The van der Waals surface area contributed by atoms with Gasteiger partial charge in [-0.15, -0.1) is 11.3 Å². The van der Waals surface area contributed by atoms with Gasteiger partial charge in [0.25, 0.3) is 5.24 Å². The minimum absolute atomic E-state index is 0.109. The fourth-order valence-corrected chi connectivity index (χ4v) is 3.87. The average Bonchev–Trinajstić information content (AvgIpc) is 3.17. The third-order valence-electron chi connectivity index (χ3n) is 4.05. The average molecular weight is 454 g/mol. The number of rotatable bonds is 7. The smallest absolute Gasteiger partial charge is 0.286 e. The Morgan fingerprint density at radius 2 is 2.00 bits per heavy atom. The van der Waals surface area contributed by atoms with Crippen LogP contribution in [0.2, 0.25) is 0 Å². The molecule has 2 amide bonds. The summed E-state index contributed by atoms with van der Waals surface area (Å²) < 4.78 is 5.79. The lowest BCUT2D eigenvalue weighted by Crippen LogP contribution is -2.16. The molecule has 0 saturated heterocycles. The Hall–Kier alpha value is -3.10. The Morgan fingerprint density at radius 1 is 1.19 bits per heavy atom. The Labute approximate surface area is 190 Å². The van der Waals surface area contributed by atoms with Gasteiger partial charge in [0.2, 0.25) is 5.91 Å². The second-order valence-corrected chi connectivity index (χ2v) is 8.86. The Morgan fingerprint density at radius 3 is 2.74 bits per heavy atom. The number of ether oxygens (including phenoxy) is 1. The van der Waals surface area contributed by atoms with E-state index in [1.54, 1.807) is 43.6 Å². The van der Waals surface area contributed by atoms with Crippen LogP contribution >= 0.6 is 23.1 Å². The van der Waals surface area contributed by atoms with Crippen molar-refractivity contribution in [3.8, 4) is 5.75 Å². The van der Waals surface area contributed by atoms with Crippen LogP contribution in [0, 0.1) is 6.92 Å². The van der Waals surface area contributed by atoms with Gasteiger partial charge in [0.15, 0.2) is 0 Å². The molecule has 0 fully saturated rings. The number of nitrogens with one attached hydrogen (secondary N) is 1. The number of para-hydroxylation sites is 1. The van der Waals surface area contributed by atoms with Crippen molar-refractivity contribution in [3.05, 3.63) is 76.3 Å². The van der Waals surface area contributed by atoms with Crippen molar-refractivity contribution in [2.75, 3.05) is 19.4 Å². The maximum atomic E-state index is 12.4. The van der Waals surface area contributed by atoms with Crippen molar-refractivity contribution >= 4 is 46.0 Å². The maximum Gasteiger partial charge on any atom is 0.286 e. The lowest BCUT2D eigenvalue weighted by atomic mass is 10.2. The van der Waals surface area contributed by atoms with Crippen LogP contribution in [-0.2, 0) is 11.4 Å². The highest BCUT2D eigenvalue weighted by Gasteiger charge is 2.11. The van der Waals surface area contributed by atoms with E-state index in [1.165, 1.54) is 11.0 Å². The molecule has 0 atom stereocenters. The van der Waals surface area contributed by atoms with Crippen molar-refractivity contribution < 1.29 is 14.3 Å². The maximum absolute atomic E-state index is 12.4. The molecule has 0 saturated carbocycles. The predicted molar refractivity (Wildman–Crippen MR) is 127 cm³/mol. The summed E-state index contributed by atoms with van der Waals surface area (Å²) in [5.74, 6) is 0.423. The third kappa shape index (κ3) is 6.97. The SMILES string of the molecule is Cc1nc(COc2cccc(/C=C/C(=O)Nc3ccccc3SC(=O)N(C)C)c2)cs1. The minimum Gasteiger partial charge on any atom is -0.487 e. The zero-order valence-electron chi connectivity index (χ0n) is 17.5. The van der Waals surface area contributed by atoms with Crippen LogP contribution in [0.3, 0.4) is 0 Å². The molecule has 1 aromatic heterocycles. The Balaban J connectivity index is 1.61. The first kappa shape index (κ1) is 22.6. The van der Waals surface area contributed by atoms with Crippen LogP contribution in [-0.4, -0.2) is 35.1 Å². The van der Waals surface area contributed by atoms with Gasteiger partial charge < -0.3 is 15.0 Å². The van der Waals surface area contributed by atoms with Gasteiger partial charge in [-0.05, 0) is 54.6 Å². The molecule has 8 heteroatoms. The fraction of sp³-hybridized carbons (Fsp3) is 0.174. The summed E-state index contributed by atoms with van der Waals surface area (Å²) in [5, 5.41) is 5.71. The van der Waals surface area contributed by atoms with Gasteiger partial charge >= 0.3 is 0 Å². The number of hydrogen-bond acceptors (Lipinski definition) is 6. The molecule has 0 spiro atoms. The highest BCUT2D eigenvalue weighted by Crippen LogP contribution is 2.28. The fourth-order valence-electron chi connectivity index (χ4n) is 2.53. The number of thioether (sulfide) groups is 1. The highest BCUT2D eigenvalue weighted by atomic mass is 32.2. The second-order valence-electron chi connectivity index (χ2n) is 6.80. The summed E-state index contributed by atoms with van der Waals surface area (Å²) >= 11 is 2.66. The number of nitrogens with zero attached hydrogens (tertiary/aromatic N) is 2. The number of aryl methyl sites for hydroxylation is 1. The Kier molecular flexibility index (Phi) is 7.86. The summed E-state index contributed by atoms with van der Waals surface area (Å²) in [4.78, 5) is 31.0. The van der Waals surface area contributed by atoms with Crippen LogP contribution in [0.15, 0.2) is 64.9 Å². The molecule has 1 heterocycles. The molecular weight excluding hydrogens is 430 g/mol. The quantitative estimate of drug-likeness (QED) is 0.380. The second kappa shape index (κ2) is 10.8. The minimum atomic E-state index is -0.283. The van der Waals surface area contributed by atoms with Crippen molar-refractivity contribution in [1.82, 2.24) is 9.88 Å². The van der Waals surface area contributed by atoms with Crippen molar-refractivity contribution in [1.29, 1.82) is 0 Å². The molecule has 31 heavy (non-hydrogen) atoms. The number of benzene rings is 2. The highest BCUT2D eigenvalue weighted by molar-refractivity contribution is 8.13. The zero-order valence-corrected chi connectivity index (χ0v) is 19.1. The van der Waals surface area contributed by atoms with E-state index >= 15 is 0 Å². The lowest BCUT2D eigenvalue weighted by molar-refractivity contribution is -0.111. The van der Waals surface area contributed by atoms with Gasteiger partial charge in [-0.25, -0.2) is 4.98 Å². The molecule has 3 aromatic rings. The summed E-state index contributed by atoms with van der Waals surface area (Å²) in [6.45, 7) is 2.36. The van der Waals surface area contributed by atoms with Crippen LogP contribution in [0.4, 0.5) is 10.5 Å². The standard InChI is InChI=1S/C23H23N3O3S2/c1-16-24-18(15-30-16)14-29-19-8-6-7-17(13-19)11-12-22(27)25-20-9-4-5-10-21(20)31-23(28)26(2)3/h4-13,15H,14H2,1-3H3,(H,25,27)/b12-11+. The van der Waals surface area contributed by atoms with E-state index < -0.39 is 0 Å². The topological polar surface area (TPSA) is 71.5 Å². The molecule has 0 radical (unpaired) electrons. The molecule has 2 aromatic carbocycles. The van der Waals surface area contributed by atoms with E-state index in [9.17, 15) is 9.59 Å². The van der Waals surface area contributed by atoms with Crippen LogP contribution in [0.1, 0.15) is 16.3 Å². The summed E-state index contributed by atoms with van der Waals surface area (Å²) in [6, 6.07) is 14.7. The third-order valence-corrected chi connectivity index (χ3v) is 5.98. The predicted octanol–water partition coefficient (Wildman–Crippen LogP) is 5.46. The number of carbonyl (C=O) groups excluding carboxylic acids is 2. The molecule has 0 unspecified atom stereocenters. The molecule has 1 N–H and O–H groups in total. The number of carbonyl (C=O) groups is 2. The monoisotopic (exact) mass is 453 g/mol. The number of anilines is 1. The van der Waals surface area contributed by atoms with E-state index in [-0.39, 0.29) is 11.1 Å². The van der Waals surface area contributed by atoms with Gasteiger partial charge in [0, 0.05) is 30.4 Å². The van der Waals surface area contributed by atoms with Crippen molar-refractivity contribution in [2.24, 2.45) is 0 Å². The van der Waals surface area contributed by atoms with Gasteiger partial charge in [0.05, 0.1) is 16.4 Å². The van der Waals surface area contributed by atoms with E-state index in [2.05, 4.69) is 10.3 Å². The molecule has 3 rings (SSSR count). The van der Waals surface area contributed by atoms with Crippen LogP contribution < -0.4 is 10.1 Å². The van der Waals surface area contributed by atoms with Gasteiger partial charge in [-0.3, -0.25) is 9.59 Å². The number of hydrogen-bond donors (Lipinski definition) is 1. The lowest BCUT2D eigenvalue weighted by Gasteiger charge is -2.12. The molecule has 0 aliphatic heterocycles. The van der Waals surface area contributed by atoms with E-state index in [4.69, 9.17) is 4.74 Å². The molecule has 0 aliphatic rings. The number of aromatic nitrogens is 1. The first-order valence-electron chi connectivity index (χ1n) is 9.52. The summed E-state index contributed by atoms with van der Waals surface area (Å²) in [7, 11) is 3.38.